The minimum absolute atomic E-state index is 0.0871. The van der Waals surface area contributed by atoms with Crippen molar-refractivity contribution >= 4 is 65.7 Å². The molecule has 4 aromatic heterocycles. The second-order valence-electron chi connectivity index (χ2n) is 14.0. The highest BCUT2D eigenvalue weighted by molar-refractivity contribution is 6.17. The Morgan fingerprint density at radius 2 is 1.07 bits per heavy atom. The molecule has 12 rings (SSSR count). The van der Waals surface area contributed by atoms with Crippen LogP contribution >= 0.6 is 0 Å². The summed E-state index contributed by atoms with van der Waals surface area (Å²) in [6.45, 7) is 0. The summed E-state index contributed by atoms with van der Waals surface area (Å²) in [7, 11) is 0. The fourth-order valence-corrected chi connectivity index (χ4v) is 8.21. The smallest absolute Gasteiger partial charge is 0.167 e. The molecule has 0 unspecified atom stereocenters. The van der Waals surface area contributed by atoms with E-state index in [1.807, 2.05) is 115 Å². The van der Waals surface area contributed by atoms with Gasteiger partial charge in [0.1, 0.15) is 22.3 Å². The first-order valence-electron chi connectivity index (χ1n) is 21.1. The summed E-state index contributed by atoms with van der Waals surface area (Å²) in [5, 5.41) is 5.34. The summed E-state index contributed by atoms with van der Waals surface area (Å²) in [4.78, 5) is 15.5. The molecule has 8 aromatic carbocycles. The maximum absolute atomic E-state index is 8.98. The molecule has 0 radical (unpaired) electrons. The number of furan rings is 2. The fourth-order valence-electron chi connectivity index (χ4n) is 8.21. The number of hydrogen-bond donors (Lipinski definition) is 0. The van der Waals surface area contributed by atoms with Gasteiger partial charge in [0.2, 0.25) is 0 Å². The van der Waals surface area contributed by atoms with Crippen LogP contribution < -0.4 is 0 Å². The Balaban J connectivity index is 1.20. The summed E-state index contributed by atoms with van der Waals surface area (Å²) in [6, 6.07) is 47.8. The Bertz CT molecular complexity index is 3750. The third-order valence-electron chi connectivity index (χ3n) is 10.7. The van der Waals surface area contributed by atoms with Crippen molar-refractivity contribution < 1.29 is 15.7 Å². The number of nitrogens with zero attached hydrogens (tertiary/aromatic N) is 4. The molecule has 0 aliphatic rings. The molecular weight excluding hydrogens is 701 g/mol. The van der Waals surface area contributed by atoms with Crippen molar-refractivity contribution in [1.29, 1.82) is 0 Å². The zero-order valence-corrected chi connectivity index (χ0v) is 30.0. The van der Waals surface area contributed by atoms with Crippen LogP contribution in [-0.4, -0.2) is 19.5 Å². The maximum atomic E-state index is 8.98. The normalized spacial score (nSPS) is 13.1. The molecule has 6 heteroatoms. The monoisotopic (exact) mass is 735 g/mol. The van der Waals surface area contributed by atoms with Gasteiger partial charge in [-0.15, -0.1) is 0 Å². The molecular formula is C51H30N4O2. The van der Waals surface area contributed by atoms with Crippen LogP contribution in [0.4, 0.5) is 0 Å². The molecule has 4 heterocycles. The lowest BCUT2D eigenvalue weighted by Gasteiger charge is -2.13. The van der Waals surface area contributed by atoms with Gasteiger partial charge in [0.15, 0.2) is 17.5 Å². The Labute approximate surface area is 332 Å². The van der Waals surface area contributed by atoms with E-state index in [0.29, 0.717) is 50.5 Å². The van der Waals surface area contributed by atoms with Crippen molar-refractivity contribution in [3.05, 3.63) is 182 Å². The van der Waals surface area contributed by atoms with Gasteiger partial charge in [-0.2, -0.15) is 0 Å². The van der Waals surface area contributed by atoms with Gasteiger partial charge in [0, 0.05) is 49.1 Å². The summed E-state index contributed by atoms with van der Waals surface area (Å²) >= 11 is 0. The first-order chi connectivity index (χ1) is 30.3. The van der Waals surface area contributed by atoms with Crippen molar-refractivity contribution in [2.45, 2.75) is 0 Å². The molecule has 12 aromatic rings. The molecule has 57 heavy (non-hydrogen) atoms. The predicted octanol–water partition coefficient (Wildman–Crippen LogP) is 13.4. The van der Waals surface area contributed by atoms with Crippen molar-refractivity contribution in [2.75, 3.05) is 0 Å². The number of benzene rings is 8. The fraction of sp³-hybridized carbons (Fsp3) is 0. The lowest BCUT2D eigenvalue weighted by atomic mass is 9.98. The van der Waals surface area contributed by atoms with Gasteiger partial charge in [-0.3, -0.25) is 0 Å². The summed E-state index contributed by atoms with van der Waals surface area (Å²) in [5.41, 5.74) is 7.94. The van der Waals surface area contributed by atoms with Gasteiger partial charge in [0.25, 0.3) is 0 Å². The third kappa shape index (κ3) is 4.94. The molecule has 0 saturated heterocycles. The maximum Gasteiger partial charge on any atom is 0.167 e. The van der Waals surface area contributed by atoms with Gasteiger partial charge < -0.3 is 13.4 Å². The van der Waals surface area contributed by atoms with E-state index in [0.717, 1.165) is 60.6 Å². The topological polar surface area (TPSA) is 69.9 Å². The number of hydrogen-bond acceptors (Lipinski definition) is 5. The van der Waals surface area contributed by atoms with E-state index < -0.39 is 18.1 Å². The highest BCUT2D eigenvalue weighted by Crippen LogP contribution is 2.43. The van der Waals surface area contributed by atoms with Crippen LogP contribution in [0.3, 0.4) is 0 Å². The molecule has 6 nitrogen and oxygen atoms in total. The highest BCUT2D eigenvalue weighted by Gasteiger charge is 2.23. The standard InChI is InChI=1S/C51H30N4O2/c1-3-14-31(15-4-1)35-21-13-25-46-47(35)40-29-34(55-42-22-10-7-18-36(42)37-19-8-11-23-43(37)55)30-41(48(40)57-46)51-53-49(32-16-5-2-6-17-32)52-50(54-51)33-26-27-45-39(28-33)38-20-9-12-24-44(38)56-45/h1-30H/i1D,3D,4D,14D,15D. The number of para-hydroxylation sites is 3. The average Bonchev–Trinajstić information content (AvgIpc) is 4.00. The molecule has 266 valence electrons. The van der Waals surface area contributed by atoms with E-state index in [1.54, 1.807) is 12.1 Å². The first-order valence-corrected chi connectivity index (χ1v) is 18.6. The van der Waals surface area contributed by atoms with Crippen LogP contribution in [0.5, 0.6) is 0 Å². The second-order valence-corrected chi connectivity index (χ2v) is 14.0. The Hall–Kier alpha value is -7.83. The largest absolute Gasteiger partial charge is 0.456 e. The average molecular weight is 736 g/mol. The molecule has 0 aliphatic carbocycles. The van der Waals surface area contributed by atoms with Crippen molar-refractivity contribution in [2.24, 2.45) is 0 Å². The van der Waals surface area contributed by atoms with E-state index in [2.05, 4.69) is 28.8 Å². The number of fused-ring (bicyclic) bond motifs is 9. The molecule has 0 atom stereocenters. The van der Waals surface area contributed by atoms with Crippen LogP contribution in [0.1, 0.15) is 6.85 Å². The quantitative estimate of drug-likeness (QED) is 0.176. The van der Waals surface area contributed by atoms with Gasteiger partial charge in [-0.05, 0) is 65.7 Å². The van der Waals surface area contributed by atoms with E-state index in [-0.39, 0.29) is 17.6 Å². The Morgan fingerprint density at radius 1 is 0.421 bits per heavy atom. The van der Waals surface area contributed by atoms with Crippen LogP contribution in [-0.2, 0) is 0 Å². The van der Waals surface area contributed by atoms with E-state index in [4.69, 9.17) is 30.6 Å². The predicted molar refractivity (Wildman–Crippen MR) is 230 cm³/mol. The van der Waals surface area contributed by atoms with E-state index in [1.165, 1.54) is 0 Å². The molecule has 0 spiro atoms. The van der Waals surface area contributed by atoms with Crippen molar-refractivity contribution in [3.8, 4) is 51.0 Å². The zero-order chi connectivity index (χ0) is 41.8. The Morgan fingerprint density at radius 3 is 1.86 bits per heavy atom. The first kappa shape index (κ1) is 26.9. The van der Waals surface area contributed by atoms with Crippen molar-refractivity contribution in [3.63, 3.8) is 0 Å². The van der Waals surface area contributed by atoms with Gasteiger partial charge in [-0.1, -0.05) is 127 Å². The van der Waals surface area contributed by atoms with Crippen molar-refractivity contribution in [1.82, 2.24) is 19.5 Å². The third-order valence-corrected chi connectivity index (χ3v) is 10.7. The Kier molecular flexibility index (Phi) is 5.82. The molecule has 0 saturated carbocycles. The highest BCUT2D eigenvalue weighted by atomic mass is 16.3. The van der Waals surface area contributed by atoms with Crippen LogP contribution in [0, 0.1) is 0 Å². The lowest BCUT2D eigenvalue weighted by Crippen LogP contribution is -2.01. The van der Waals surface area contributed by atoms with Crippen LogP contribution in [0.25, 0.3) is 117 Å². The molecule has 0 N–H and O–H groups in total. The summed E-state index contributed by atoms with van der Waals surface area (Å²) in [6.07, 6.45) is 0. The van der Waals surface area contributed by atoms with Crippen LogP contribution in [0.2, 0.25) is 0 Å². The molecule has 0 aliphatic heterocycles. The molecule has 0 amide bonds. The van der Waals surface area contributed by atoms with Crippen LogP contribution in [0.15, 0.2) is 191 Å². The zero-order valence-electron chi connectivity index (χ0n) is 35.0. The van der Waals surface area contributed by atoms with E-state index in [9.17, 15) is 0 Å². The number of rotatable bonds is 5. The second kappa shape index (κ2) is 12.3. The SMILES string of the molecule is [2H]c1c([2H])c([2H])c(-c2cccc3oc4c(-c5nc(-c6ccccc6)nc(-c6ccc7oc8ccccc8c7c6)n5)cc(-n5c6ccccc6c6ccccc65)cc4c23)c([2H])c1[2H]. The molecule has 0 fully saturated rings. The summed E-state index contributed by atoms with van der Waals surface area (Å²) < 4.78 is 58.5. The van der Waals surface area contributed by atoms with E-state index >= 15 is 0 Å². The minimum Gasteiger partial charge on any atom is -0.456 e. The van der Waals surface area contributed by atoms with Gasteiger partial charge >= 0.3 is 0 Å². The number of aromatic nitrogens is 4. The minimum atomic E-state index is -0.455. The summed E-state index contributed by atoms with van der Waals surface area (Å²) in [5.74, 6) is 1.28. The molecule has 0 bridgehead atoms. The van der Waals surface area contributed by atoms with Gasteiger partial charge in [-0.25, -0.2) is 15.0 Å². The van der Waals surface area contributed by atoms with Gasteiger partial charge in [0.05, 0.1) is 23.5 Å². The lowest BCUT2D eigenvalue weighted by molar-refractivity contribution is 0.669.